The highest BCUT2D eigenvalue weighted by atomic mass is 14.9. The molecule has 0 unspecified atom stereocenters. The maximum atomic E-state index is 8.72. The lowest BCUT2D eigenvalue weighted by Crippen LogP contribution is -2.11. The average molecular weight is 229 g/mol. The Labute approximate surface area is 103 Å². The van der Waals surface area contributed by atoms with Gasteiger partial charge in [0.05, 0.1) is 11.8 Å². The fourth-order valence-corrected chi connectivity index (χ4v) is 1.27. The molecular formula is C13H3N5. The maximum absolute atomic E-state index is 8.72. The molecule has 0 bridgehead atoms. The standard InChI is InChI=1S/C13H3N5/c1-16-12-6-9(10(7-14)8-15)4-5-11(12)13(17-2)18-3/h4-6H. The minimum atomic E-state index is -0.206. The van der Waals surface area contributed by atoms with Crippen LogP contribution in [0.5, 0.6) is 0 Å². The van der Waals surface area contributed by atoms with E-state index in [9.17, 15) is 0 Å². The van der Waals surface area contributed by atoms with E-state index >= 15 is 0 Å². The SMILES string of the molecule is [C-]#[N+]C([N+]#[C-])=c1ccc(=C(C#N)C#N)cc1[N+]#[C-]. The van der Waals surface area contributed by atoms with Crippen LogP contribution in [0, 0.1) is 42.4 Å². The van der Waals surface area contributed by atoms with Gasteiger partial charge in [-0.2, -0.15) is 20.2 Å². The van der Waals surface area contributed by atoms with E-state index in [1.165, 1.54) is 18.2 Å². The van der Waals surface area contributed by atoms with E-state index in [4.69, 9.17) is 30.2 Å². The molecule has 18 heavy (non-hydrogen) atoms. The van der Waals surface area contributed by atoms with Crippen LogP contribution in [-0.2, 0) is 0 Å². The van der Waals surface area contributed by atoms with Crippen LogP contribution in [0.15, 0.2) is 18.2 Å². The van der Waals surface area contributed by atoms with Crippen molar-refractivity contribution in [2.24, 2.45) is 0 Å². The maximum Gasteiger partial charge on any atom is 0.516 e. The summed E-state index contributed by atoms with van der Waals surface area (Å²) < 4.78 is 0. The summed E-state index contributed by atoms with van der Waals surface area (Å²) in [5, 5.41) is 18.0. The summed E-state index contributed by atoms with van der Waals surface area (Å²) in [6.07, 6.45) is 0. The first-order valence-electron chi connectivity index (χ1n) is 4.53. The van der Waals surface area contributed by atoms with E-state index in [-0.39, 0.29) is 22.3 Å². The molecule has 1 rings (SSSR count). The highest BCUT2D eigenvalue weighted by Gasteiger charge is 2.09. The van der Waals surface area contributed by atoms with Crippen molar-refractivity contribution in [3.63, 3.8) is 0 Å². The van der Waals surface area contributed by atoms with E-state index < -0.39 is 0 Å². The minimum Gasteiger partial charge on any atom is -0.239 e. The van der Waals surface area contributed by atoms with Gasteiger partial charge in [-0.15, -0.1) is 0 Å². The molecule has 0 aliphatic heterocycles. The smallest absolute Gasteiger partial charge is 0.239 e. The molecule has 0 aromatic heterocycles. The van der Waals surface area contributed by atoms with Gasteiger partial charge in [0.25, 0.3) is 0 Å². The zero-order valence-electron chi connectivity index (χ0n) is 8.97. The van der Waals surface area contributed by atoms with Gasteiger partial charge in [-0.25, -0.2) is 4.85 Å². The van der Waals surface area contributed by atoms with Crippen molar-refractivity contribution < 1.29 is 0 Å². The molecule has 0 aliphatic carbocycles. The lowest BCUT2D eigenvalue weighted by Gasteiger charge is -1.91. The predicted molar refractivity (Wildman–Crippen MR) is 63.2 cm³/mol. The molecule has 0 saturated carbocycles. The Bertz CT molecular complexity index is 794. The fraction of sp³-hybridized carbons (Fsp3) is 0. The van der Waals surface area contributed by atoms with Crippen molar-refractivity contribution in [2.45, 2.75) is 0 Å². The van der Waals surface area contributed by atoms with E-state index in [0.29, 0.717) is 5.22 Å². The van der Waals surface area contributed by atoms with Crippen molar-refractivity contribution in [3.05, 3.63) is 62.9 Å². The second-order valence-electron chi connectivity index (χ2n) is 2.99. The molecule has 0 spiro atoms. The quantitative estimate of drug-likeness (QED) is 0.630. The molecule has 0 amide bonds. The van der Waals surface area contributed by atoms with E-state index in [1.807, 2.05) is 0 Å². The molecule has 5 heteroatoms. The Morgan fingerprint density at radius 2 is 1.67 bits per heavy atom. The van der Waals surface area contributed by atoms with Crippen LogP contribution < -0.4 is 10.4 Å². The van der Waals surface area contributed by atoms with Gasteiger partial charge in [0.15, 0.2) is 5.69 Å². The van der Waals surface area contributed by atoms with Gasteiger partial charge in [-0.1, -0.05) is 12.1 Å². The molecule has 0 saturated heterocycles. The second kappa shape index (κ2) is 5.48. The van der Waals surface area contributed by atoms with Crippen molar-refractivity contribution in [2.75, 3.05) is 0 Å². The Morgan fingerprint density at radius 3 is 2.11 bits per heavy atom. The topological polar surface area (TPSA) is 60.7 Å². The summed E-state index contributed by atoms with van der Waals surface area (Å²) in [6, 6.07) is 7.63. The predicted octanol–water partition coefficient (Wildman–Crippen LogP) is 1.34. The Kier molecular flexibility index (Phi) is 3.80. The number of rotatable bonds is 0. The van der Waals surface area contributed by atoms with Gasteiger partial charge in [-0.3, -0.25) is 0 Å². The van der Waals surface area contributed by atoms with E-state index in [1.54, 1.807) is 12.1 Å². The molecule has 0 N–H and O–H groups in total. The number of hydrogen-bond acceptors (Lipinski definition) is 2. The number of nitrogens with zero attached hydrogens (tertiary/aromatic N) is 5. The third-order valence-electron chi connectivity index (χ3n) is 2.08. The Morgan fingerprint density at radius 1 is 1.06 bits per heavy atom. The molecule has 80 valence electrons. The van der Waals surface area contributed by atoms with Crippen molar-refractivity contribution in [1.82, 2.24) is 0 Å². The fourth-order valence-electron chi connectivity index (χ4n) is 1.27. The summed E-state index contributed by atoms with van der Waals surface area (Å²) in [6.45, 7) is 20.7. The summed E-state index contributed by atoms with van der Waals surface area (Å²) in [5.74, 6) is -0.206. The first kappa shape index (κ1) is 12.5. The van der Waals surface area contributed by atoms with Gasteiger partial charge < -0.3 is 0 Å². The molecule has 0 fully saturated rings. The molecule has 1 aromatic rings. The molecule has 5 nitrogen and oxygen atoms in total. The van der Waals surface area contributed by atoms with Crippen LogP contribution in [0.1, 0.15) is 0 Å². The minimum absolute atomic E-state index is 0.0810. The number of nitriles is 2. The molecule has 1 aromatic carbocycles. The zero-order chi connectivity index (χ0) is 13.5. The summed E-state index contributed by atoms with van der Waals surface area (Å²) in [7, 11) is 0. The summed E-state index contributed by atoms with van der Waals surface area (Å²) in [5.41, 5.74) is -0.0314. The molecule has 0 radical (unpaired) electrons. The number of benzene rings is 1. The molecule has 0 atom stereocenters. The van der Waals surface area contributed by atoms with Crippen LogP contribution in [0.25, 0.3) is 25.9 Å². The lowest BCUT2D eigenvalue weighted by molar-refractivity contribution is 1.48. The first-order chi connectivity index (χ1) is 8.71. The highest BCUT2D eigenvalue weighted by molar-refractivity contribution is 5.74. The van der Waals surface area contributed by atoms with Gasteiger partial charge in [0.1, 0.15) is 30.9 Å². The van der Waals surface area contributed by atoms with Crippen LogP contribution >= 0.6 is 0 Å². The van der Waals surface area contributed by atoms with Crippen molar-refractivity contribution >= 4 is 17.1 Å². The first-order valence-corrected chi connectivity index (χ1v) is 4.53. The molecule has 0 heterocycles. The third-order valence-corrected chi connectivity index (χ3v) is 2.08. The third kappa shape index (κ3) is 2.15. The average Bonchev–Trinajstić information content (AvgIpc) is 2.42. The Hall–Kier alpha value is -3.59. The second-order valence-corrected chi connectivity index (χ2v) is 2.99. The summed E-state index contributed by atoms with van der Waals surface area (Å²) in [4.78, 5) is 9.27. The van der Waals surface area contributed by atoms with Crippen LogP contribution in [0.4, 0.5) is 5.69 Å². The van der Waals surface area contributed by atoms with Gasteiger partial charge >= 0.3 is 5.82 Å². The monoisotopic (exact) mass is 229 g/mol. The van der Waals surface area contributed by atoms with Crippen LogP contribution in [0.2, 0.25) is 0 Å². The van der Waals surface area contributed by atoms with Gasteiger partial charge in [0.2, 0.25) is 0 Å². The normalized spacial score (nSPS) is 7.72. The van der Waals surface area contributed by atoms with E-state index in [0.717, 1.165) is 0 Å². The Balaban J connectivity index is 3.91. The van der Waals surface area contributed by atoms with Crippen molar-refractivity contribution in [1.29, 1.82) is 10.5 Å². The van der Waals surface area contributed by atoms with Gasteiger partial charge in [0, 0.05) is 0 Å². The van der Waals surface area contributed by atoms with Crippen LogP contribution in [0.3, 0.4) is 0 Å². The van der Waals surface area contributed by atoms with Crippen molar-refractivity contribution in [3.8, 4) is 12.1 Å². The van der Waals surface area contributed by atoms with Crippen LogP contribution in [-0.4, -0.2) is 0 Å². The molecular weight excluding hydrogens is 226 g/mol. The highest BCUT2D eigenvalue weighted by Crippen LogP contribution is 2.06. The van der Waals surface area contributed by atoms with Gasteiger partial charge in [-0.05, 0) is 11.3 Å². The summed E-state index contributed by atoms with van der Waals surface area (Å²) >= 11 is 0. The molecule has 0 aliphatic rings. The lowest BCUT2D eigenvalue weighted by atomic mass is 10.1. The van der Waals surface area contributed by atoms with E-state index in [2.05, 4.69) is 14.5 Å². The zero-order valence-corrected chi connectivity index (χ0v) is 8.97. The largest absolute Gasteiger partial charge is 0.516 e. The number of hydrogen-bond donors (Lipinski definition) is 0.